The first-order valence-electron chi connectivity index (χ1n) is 4.46. The van der Waals surface area contributed by atoms with Crippen molar-refractivity contribution in [2.45, 2.75) is 6.04 Å². The number of aliphatic hydroxyl groups excluding tert-OH is 1. The lowest BCUT2D eigenvalue weighted by molar-refractivity contribution is -0.120. The first-order valence-corrected chi connectivity index (χ1v) is 4.46. The Bertz CT molecular complexity index is 357. The SMILES string of the molecule is CN(C(=O)[C@@H](N)CO)c1ccccc1F. The molecular weight excluding hydrogens is 199 g/mol. The Labute approximate surface area is 87.1 Å². The quantitative estimate of drug-likeness (QED) is 0.747. The molecule has 15 heavy (non-hydrogen) atoms. The van der Waals surface area contributed by atoms with Gasteiger partial charge in [0.1, 0.15) is 11.9 Å². The monoisotopic (exact) mass is 212 g/mol. The van der Waals surface area contributed by atoms with E-state index in [1.165, 1.54) is 25.2 Å². The molecule has 0 aliphatic carbocycles. The Morgan fingerprint density at radius 2 is 2.20 bits per heavy atom. The summed E-state index contributed by atoms with van der Waals surface area (Å²) in [5.41, 5.74) is 5.49. The molecule has 1 atom stereocenters. The predicted octanol–water partition coefficient (Wildman–Crippen LogP) is 0.108. The van der Waals surface area contributed by atoms with Gasteiger partial charge in [-0.3, -0.25) is 4.79 Å². The molecular formula is C10H13FN2O2. The van der Waals surface area contributed by atoms with Crippen molar-refractivity contribution in [3.63, 3.8) is 0 Å². The van der Waals surface area contributed by atoms with Gasteiger partial charge < -0.3 is 15.7 Å². The first kappa shape index (κ1) is 11.6. The van der Waals surface area contributed by atoms with Gasteiger partial charge in [-0.15, -0.1) is 0 Å². The van der Waals surface area contributed by atoms with E-state index in [2.05, 4.69) is 0 Å². The third-order valence-electron chi connectivity index (χ3n) is 2.06. The molecule has 1 rings (SSSR count). The lowest BCUT2D eigenvalue weighted by Crippen LogP contribution is -2.44. The van der Waals surface area contributed by atoms with Crippen LogP contribution in [0.5, 0.6) is 0 Å². The highest BCUT2D eigenvalue weighted by Gasteiger charge is 2.20. The number of para-hydroxylation sites is 1. The molecule has 0 spiro atoms. The summed E-state index contributed by atoms with van der Waals surface area (Å²) in [5.74, 6) is -1.03. The molecule has 5 heteroatoms. The summed E-state index contributed by atoms with van der Waals surface area (Å²) in [7, 11) is 1.41. The van der Waals surface area contributed by atoms with Crippen molar-refractivity contribution in [1.29, 1.82) is 0 Å². The van der Waals surface area contributed by atoms with Crippen molar-refractivity contribution in [2.75, 3.05) is 18.6 Å². The second-order valence-corrected chi connectivity index (χ2v) is 3.14. The number of amides is 1. The zero-order valence-corrected chi connectivity index (χ0v) is 8.35. The lowest BCUT2D eigenvalue weighted by atomic mass is 10.2. The fourth-order valence-electron chi connectivity index (χ4n) is 1.17. The number of hydrogen-bond acceptors (Lipinski definition) is 3. The molecule has 0 unspecified atom stereocenters. The molecule has 1 amide bonds. The Balaban J connectivity index is 2.90. The largest absolute Gasteiger partial charge is 0.394 e. The minimum absolute atomic E-state index is 0.145. The Kier molecular flexibility index (Phi) is 3.76. The van der Waals surface area contributed by atoms with Crippen LogP contribution in [0.2, 0.25) is 0 Å². The van der Waals surface area contributed by atoms with Gasteiger partial charge in [0.15, 0.2) is 0 Å². The van der Waals surface area contributed by atoms with Crippen molar-refractivity contribution in [3.05, 3.63) is 30.1 Å². The van der Waals surface area contributed by atoms with E-state index in [0.717, 1.165) is 4.90 Å². The number of likely N-dealkylation sites (N-methyl/N-ethyl adjacent to an activating group) is 1. The van der Waals surface area contributed by atoms with E-state index < -0.39 is 24.4 Å². The molecule has 0 heterocycles. The first-order chi connectivity index (χ1) is 7.07. The molecule has 0 bridgehead atoms. The summed E-state index contributed by atoms with van der Waals surface area (Å²) in [6, 6.07) is 4.85. The zero-order chi connectivity index (χ0) is 11.4. The number of rotatable bonds is 3. The number of carbonyl (C=O) groups is 1. The van der Waals surface area contributed by atoms with Gasteiger partial charge in [0, 0.05) is 7.05 Å². The molecule has 0 fully saturated rings. The van der Waals surface area contributed by atoms with Crippen LogP contribution in [0.3, 0.4) is 0 Å². The van der Waals surface area contributed by atoms with Crippen molar-refractivity contribution in [1.82, 2.24) is 0 Å². The van der Waals surface area contributed by atoms with Crippen LogP contribution in [-0.4, -0.2) is 30.7 Å². The molecule has 0 radical (unpaired) electrons. The predicted molar refractivity (Wildman–Crippen MR) is 54.9 cm³/mol. The van der Waals surface area contributed by atoms with Crippen LogP contribution in [0, 0.1) is 5.82 Å². The normalized spacial score (nSPS) is 12.3. The van der Waals surface area contributed by atoms with E-state index in [4.69, 9.17) is 10.8 Å². The van der Waals surface area contributed by atoms with Crippen molar-refractivity contribution in [3.8, 4) is 0 Å². The average molecular weight is 212 g/mol. The van der Waals surface area contributed by atoms with Gasteiger partial charge >= 0.3 is 0 Å². The van der Waals surface area contributed by atoms with E-state index in [1.54, 1.807) is 6.07 Å². The van der Waals surface area contributed by atoms with Crippen molar-refractivity contribution >= 4 is 11.6 Å². The Morgan fingerprint density at radius 1 is 1.60 bits per heavy atom. The fraction of sp³-hybridized carbons (Fsp3) is 0.300. The Hall–Kier alpha value is -1.46. The molecule has 0 aliphatic heterocycles. The maximum Gasteiger partial charge on any atom is 0.246 e. The zero-order valence-electron chi connectivity index (χ0n) is 8.35. The van der Waals surface area contributed by atoms with Gasteiger partial charge in [0.05, 0.1) is 12.3 Å². The lowest BCUT2D eigenvalue weighted by Gasteiger charge is -2.20. The summed E-state index contributed by atoms with van der Waals surface area (Å²) in [6.07, 6.45) is 0. The van der Waals surface area contributed by atoms with E-state index >= 15 is 0 Å². The van der Waals surface area contributed by atoms with Crippen LogP contribution in [0.15, 0.2) is 24.3 Å². The molecule has 82 valence electrons. The summed E-state index contributed by atoms with van der Waals surface area (Å²) < 4.78 is 13.3. The minimum atomic E-state index is -1.02. The van der Waals surface area contributed by atoms with Crippen LogP contribution in [0.4, 0.5) is 10.1 Å². The maximum atomic E-state index is 13.3. The third kappa shape index (κ3) is 2.51. The van der Waals surface area contributed by atoms with Crippen LogP contribution in [-0.2, 0) is 4.79 Å². The molecule has 1 aromatic rings. The molecule has 4 nitrogen and oxygen atoms in total. The number of benzene rings is 1. The average Bonchev–Trinajstić information content (AvgIpc) is 2.26. The number of hydrogen-bond donors (Lipinski definition) is 2. The molecule has 0 saturated heterocycles. The molecule has 3 N–H and O–H groups in total. The maximum absolute atomic E-state index is 13.3. The number of carbonyl (C=O) groups excluding carboxylic acids is 1. The summed E-state index contributed by atoms with van der Waals surface area (Å²) in [5, 5.41) is 8.70. The van der Waals surface area contributed by atoms with Crippen LogP contribution >= 0.6 is 0 Å². The van der Waals surface area contributed by atoms with Gasteiger partial charge in [-0.25, -0.2) is 4.39 Å². The van der Waals surface area contributed by atoms with Gasteiger partial charge in [0.25, 0.3) is 0 Å². The molecule has 1 aromatic carbocycles. The van der Waals surface area contributed by atoms with Gasteiger partial charge in [-0.05, 0) is 12.1 Å². The number of anilines is 1. The van der Waals surface area contributed by atoms with Gasteiger partial charge in [-0.2, -0.15) is 0 Å². The van der Waals surface area contributed by atoms with E-state index in [1.807, 2.05) is 0 Å². The van der Waals surface area contributed by atoms with Crippen LogP contribution in [0.1, 0.15) is 0 Å². The summed E-state index contributed by atoms with van der Waals surface area (Å²) in [4.78, 5) is 12.6. The topological polar surface area (TPSA) is 66.6 Å². The van der Waals surface area contributed by atoms with Crippen molar-refractivity contribution < 1.29 is 14.3 Å². The van der Waals surface area contributed by atoms with E-state index in [0.29, 0.717) is 0 Å². The van der Waals surface area contributed by atoms with Crippen molar-refractivity contribution in [2.24, 2.45) is 5.73 Å². The van der Waals surface area contributed by atoms with Gasteiger partial charge in [0.2, 0.25) is 5.91 Å². The fourth-order valence-corrected chi connectivity index (χ4v) is 1.17. The highest BCUT2D eigenvalue weighted by atomic mass is 19.1. The highest BCUT2D eigenvalue weighted by molar-refractivity contribution is 5.96. The number of nitrogens with zero attached hydrogens (tertiary/aromatic N) is 1. The van der Waals surface area contributed by atoms with E-state index in [-0.39, 0.29) is 5.69 Å². The third-order valence-corrected chi connectivity index (χ3v) is 2.06. The second kappa shape index (κ2) is 4.86. The summed E-state index contributed by atoms with van der Waals surface area (Å²) in [6.45, 7) is -0.461. The number of halogens is 1. The Morgan fingerprint density at radius 3 is 2.73 bits per heavy atom. The molecule has 0 aromatic heterocycles. The van der Waals surface area contributed by atoms with Crippen LogP contribution in [0.25, 0.3) is 0 Å². The second-order valence-electron chi connectivity index (χ2n) is 3.14. The molecule has 0 saturated carbocycles. The number of nitrogens with two attached hydrogens (primary N) is 1. The van der Waals surface area contributed by atoms with Gasteiger partial charge in [-0.1, -0.05) is 12.1 Å². The number of aliphatic hydroxyl groups is 1. The smallest absolute Gasteiger partial charge is 0.246 e. The minimum Gasteiger partial charge on any atom is -0.394 e. The molecule has 0 aliphatic rings. The highest BCUT2D eigenvalue weighted by Crippen LogP contribution is 2.17. The van der Waals surface area contributed by atoms with Crippen LogP contribution < -0.4 is 10.6 Å². The van der Waals surface area contributed by atoms with E-state index in [9.17, 15) is 9.18 Å². The summed E-state index contributed by atoms with van der Waals surface area (Å²) >= 11 is 0. The standard InChI is InChI=1S/C10H13FN2O2/c1-13(10(15)8(12)6-14)9-5-3-2-4-7(9)11/h2-5,8,14H,6,12H2,1H3/t8-/m0/s1.